The van der Waals surface area contributed by atoms with E-state index in [1.807, 2.05) is 0 Å². The van der Waals surface area contributed by atoms with Crippen molar-refractivity contribution in [2.24, 2.45) is 0 Å². The van der Waals surface area contributed by atoms with Crippen LogP contribution in [0.3, 0.4) is 0 Å². The standard InChI is InChI=1S/C18H15P.BO2.Mg.H2O/c1-4-10-16(11-5-1)19(17-12-6-2-7-13-17)18-14-8-3-9-15-18;2-1-3;;/h1-15H;;;1H2/q;-2;+2;. The van der Waals surface area contributed by atoms with Crippen LogP contribution in [-0.2, 0) is 0 Å². The van der Waals surface area contributed by atoms with Crippen molar-refractivity contribution in [1.82, 2.24) is 0 Å². The van der Waals surface area contributed by atoms with Crippen LogP contribution in [0.25, 0.3) is 0 Å². The Morgan fingerprint density at radius 1 is 0.542 bits per heavy atom. The summed E-state index contributed by atoms with van der Waals surface area (Å²) in [6, 6.07) is 32.5. The SMILES string of the molecule is [Mg+2].[O-][B][O-].[OH-].c1ccc([PH+](c2ccccc2)c2ccccc2)cc1. The molecule has 0 aliphatic carbocycles. The first kappa shape index (κ1) is 22.8. The van der Waals surface area contributed by atoms with Gasteiger partial charge in [0.15, 0.2) is 0 Å². The van der Waals surface area contributed by atoms with E-state index < -0.39 is 15.6 Å². The van der Waals surface area contributed by atoms with Gasteiger partial charge in [-0.25, -0.2) is 7.69 Å². The van der Waals surface area contributed by atoms with Gasteiger partial charge in [0.2, 0.25) is 0 Å². The molecule has 3 rings (SSSR count). The molecule has 24 heavy (non-hydrogen) atoms. The van der Waals surface area contributed by atoms with Gasteiger partial charge in [0.1, 0.15) is 15.9 Å². The monoisotopic (exact) mass is 347 g/mol. The Kier molecular flexibility index (Phi) is 12.5. The molecule has 0 amide bonds. The van der Waals surface area contributed by atoms with Gasteiger partial charge < -0.3 is 15.5 Å². The maximum absolute atomic E-state index is 8.25. The molecule has 0 bridgehead atoms. The van der Waals surface area contributed by atoms with E-state index in [0.717, 1.165) is 0 Å². The summed E-state index contributed by atoms with van der Waals surface area (Å²) in [6.45, 7) is 0. The Morgan fingerprint density at radius 2 is 0.750 bits per heavy atom. The van der Waals surface area contributed by atoms with Gasteiger partial charge in [-0.05, 0) is 36.4 Å². The number of hydrogen-bond donors (Lipinski definition) is 0. The summed E-state index contributed by atoms with van der Waals surface area (Å²) in [5.74, 6) is 0. The summed E-state index contributed by atoms with van der Waals surface area (Å²) in [7, 11) is -1.38. The first-order valence-corrected chi connectivity index (χ1v) is 8.45. The van der Waals surface area contributed by atoms with Crippen molar-refractivity contribution >= 4 is 54.6 Å². The van der Waals surface area contributed by atoms with Crippen molar-refractivity contribution in [3.05, 3.63) is 91.0 Å². The molecule has 1 N–H and O–H groups in total. The molecule has 117 valence electrons. The molecular weight excluding hydrogens is 330 g/mol. The van der Waals surface area contributed by atoms with Crippen LogP contribution in [0.15, 0.2) is 91.0 Å². The zero-order valence-electron chi connectivity index (χ0n) is 13.2. The molecule has 0 saturated heterocycles. The number of hydrogen-bond acceptors (Lipinski definition) is 3. The van der Waals surface area contributed by atoms with Crippen LogP contribution in [0.5, 0.6) is 0 Å². The zero-order valence-corrected chi connectivity index (χ0v) is 15.6. The van der Waals surface area contributed by atoms with Crippen LogP contribution >= 0.6 is 7.92 Å². The molecule has 0 aliphatic rings. The van der Waals surface area contributed by atoms with Crippen molar-refractivity contribution in [1.29, 1.82) is 0 Å². The Hall–Kier alpha value is -1.20. The zero-order chi connectivity index (χ0) is 15.6. The van der Waals surface area contributed by atoms with Crippen LogP contribution in [0.1, 0.15) is 0 Å². The van der Waals surface area contributed by atoms with Gasteiger partial charge >= 0.3 is 23.1 Å². The largest absolute Gasteiger partial charge is 2.00 e. The van der Waals surface area contributed by atoms with E-state index in [1.54, 1.807) is 0 Å². The molecular formula is C18H17BMgO3P. The third kappa shape index (κ3) is 6.73. The van der Waals surface area contributed by atoms with Crippen molar-refractivity contribution in [3.8, 4) is 0 Å². The van der Waals surface area contributed by atoms with Gasteiger partial charge in [-0.3, -0.25) is 0 Å². The van der Waals surface area contributed by atoms with Gasteiger partial charge in [0, 0.05) is 0 Å². The molecule has 0 heterocycles. The molecule has 0 unspecified atom stereocenters. The maximum Gasteiger partial charge on any atom is 2.00 e. The van der Waals surface area contributed by atoms with E-state index in [4.69, 9.17) is 10.0 Å². The van der Waals surface area contributed by atoms with E-state index in [0.29, 0.717) is 0 Å². The minimum absolute atomic E-state index is 0. The first-order valence-electron chi connectivity index (χ1n) is 6.95. The summed E-state index contributed by atoms with van der Waals surface area (Å²) < 4.78 is 0. The third-order valence-corrected chi connectivity index (χ3v) is 5.92. The second kappa shape index (κ2) is 13.1. The quantitative estimate of drug-likeness (QED) is 0.489. The number of benzene rings is 3. The summed E-state index contributed by atoms with van der Waals surface area (Å²) >= 11 is 0. The average Bonchev–Trinajstić information content (AvgIpc) is 2.59. The average molecular weight is 347 g/mol. The predicted octanol–water partition coefficient (Wildman–Crippen LogP) is -0.139. The Morgan fingerprint density at radius 3 is 0.958 bits per heavy atom. The van der Waals surface area contributed by atoms with Crippen LogP contribution in [0.4, 0.5) is 0 Å². The van der Waals surface area contributed by atoms with Crippen molar-refractivity contribution < 1.29 is 15.5 Å². The second-order valence-corrected chi connectivity index (χ2v) is 7.05. The molecule has 0 atom stereocenters. The predicted molar refractivity (Wildman–Crippen MR) is 100.0 cm³/mol. The van der Waals surface area contributed by atoms with Crippen molar-refractivity contribution in [2.75, 3.05) is 0 Å². The molecule has 0 aliphatic heterocycles. The van der Waals surface area contributed by atoms with Gasteiger partial charge in [0.05, 0.1) is 7.92 Å². The topological polar surface area (TPSA) is 76.1 Å². The molecule has 0 spiro atoms. The fourth-order valence-electron chi connectivity index (χ4n) is 2.31. The first-order chi connectivity index (χ1) is 10.9. The smallest absolute Gasteiger partial charge is 0.900 e. The van der Waals surface area contributed by atoms with E-state index in [2.05, 4.69) is 91.0 Å². The van der Waals surface area contributed by atoms with Crippen molar-refractivity contribution in [2.45, 2.75) is 0 Å². The Bertz CT molecular complexity index is 563. The summed E-state index contributed by atoms with van der Waals surface area (Å²) in [4.78, 5) is 0. The van der Waals surface area contributed by atoms with E-state index in [9.17, 15) is 0 Å². The third-order valence-electron chi connectivity index (χ3n) is 3.19. The minimum Gasteiger partial charge on any atom is -0.900 e. The molecule has 3 aromatic rings. The normalized spacial score (nSPS) is 8.96. The number of rotatable bonds is 3. The fourth-order valence-corrected chi connectivity index (χ4v) is 4.89. The van der Waals surface area contributed by atoms with Crippen LogP contribution in [-0.4, -0.2) is 36.2 Å². The summed E-state index contributed by atoms with van der Waals surface area (Å²) in [5.41, 5.74) is 0. The molecule has 3 nitrogen and oxygen atoms in total. The molecule has 3 aromatic carbocycles. The molecule has 6 heteroatoms. The summed E-state index contributed by atoms with van der Waals surface area (Å²) in [5, 5.41) is 20.8. The van der Waals surface area contributed by atoms with Gasteiger partial charge in [-0.1, -0.05) is 54.6 Å². The van der Waals surface area contributed by atoms with E-state index in [1.165, 1.54) is 15.9 Å². The van der Waals surface area contributed by atoms with Gasteiger partial charge in [-0.15, -0.1) is 0 Å². The maximum atomic E-state index is 8.25. The van der Waals surface area contributed by atoms with Gasteiger partial charge in [-0.2, -0.15) is 0 Å². The molecule has 0 fully saturated rings. The second-order valence-electron chi connectivity index (χ2n) is 4.57. The van der Waals surface area contributed by atoms with Crippen molar-refractivity contribution in [3.63, 3.8) is 0 Å². The summed E-state index contributed by atoms with van der Waals surface area (Å²) in [6.07, 6.45) is 0. The molecule has 0 aromatic heterocycles. The molecule has 0 saturated carbocycles. The Balaban J connectivity index is 0.000000988. The van der Waals surface area contributed by atoms with Crippen LogP contribution < -0.4 is 26.0 Å². The van der Waals surface area contributed by atoms with Crippen LogP contribution in [0.2, 0.25) is 0 Å². The van der Waals surface area contributed by atoms with E-state index in [-0.39, 0.29) is 28.5 Å². The van der Waals surface area contributed by atoms with E-state index >= 15 is 0 Å². The Labute approximate surface area is 160 Å². The fraction of sp³-hybridized carbons (Fsp3) is 0. The minimum atomic E-state index is -0.877. The molecule has 1 radical (unpaired) electrons. The van der Waals surface area contributed by atoms with Crippen LogP contribution in [0, 0.1) is 0 Å². The van der Waals surface area contributed by atoms with Gasteiger partial charge in [0.25, 0.3) is 0 Å².